The number of rotatable bonds is 5. The first-order valence-corrected chi connectivity index (χ1v) is 8.11. The minimum Gasteiger partial charge on any atom is -0.461 e. The Bertz CT molecular complexity index is 850. The van der Waals surface area contributed by atoms with Gasteiger partial charge in [-0.25, -0.2) is 9.78 Å². The molecule has 0 unspecified atom stereocenters. The first-order valence-electron chi connectivity index (χ1n) is 8.11. The van der Waals surface area contributed by atoms with Crippen molar-refractivity contribution in [2.24, 2.45) is 7.05 Å². The quantitative estimate of drug-likeness (QED) is 0.740. The van der Waals surface area contributed by atoms with Gasteiger partial charge in [0.2, 0.25) is 0 Å². The maximum absolute atomic E-state index is 12.4. The normalized spacial score (nSPS) is 12.3. The number of imidazole rings is 1. The predicted molar refractivity (Wildman–Crippen MR) is 94.0 cm³/mol. The van der Waals surface area contributed by atoms with Gasteiger partial charge in [0.05, 0.1) is 6.04 Å². The van der Waals surface area contributed by atoms with Crippen LogP contribution in [-0.4, -0.2) is 15.6 Å². The highest BCUT2D eigenvalue weighted by Gasteiger charge is 2.17. The van der Waals surface area contributed by atoms with E-state index in [2.05, 4.69) is 22.5 Å². The molecule has 2 aromatic heterocycles. The lowest BCUT2D eigenvalue weighted by Crippen LogP contribution is -2.33. The van der Waals surface area contributed by atoms with Crippen LogP contribution in [0.5, 0.6) is 0 Å². The molecule has 0 radical (unpaired) electrons. The molecule has 0 aliphatic heterocycles. The Kier molecular flexibility index (Phi) is 4.55. The number of nitrogens with one attached hydrogen (secondary N) is 2. The van der Waals surface area contributed by atoms with Crippen molar-refractivity contribution in [3.63, 3.8) is 0 Å². The van der Waals surface area contributed by atoms with E-state index in [-0.39, 0.29) is 12.1 Å². The summed E-state index contributed by atoms with van der Waals surface area (Å²) in [6.45, 7) is 3.99. The third kappa shape index (κ3) is 3.42. The van der Waals surface area contributed by atoms with Gasteiger partial charge in [-0.1, -0.05) is 13.3 Å². The number of hydrogen-bond donors (Lipinski definition) is 2. The molecule has 1 aromatic carbocycles. The summed E-state index contributed by atoms with van der Waals surface area (Å²) in [7, 11) is 1.93. The molecule has 24 heavy (non-hydrogen) atoms. The lowest BCUT2D eigenvalue weighted by atomic mass is 10.1. The lowest BCUT2D eigenvalue weighted by molar-refractivity contribution is 0.247. The number of aromatic nitrogens is 2. The number of nitrogens with zero attached hydrogens (tertiary/aromatic N) is 2. The molecular weight excluding hydrogens is 304 g/mol. The summed E-state index contributed by atoms with van der Waals surface area (Å²) >= 11 is 0. The van der Waals surface area contributed by atoms with Crippen LogP contribution in [0.25, 0.3) is 11.0 Å². The fraction of sp³-hybridized carbons (Fsp3) is 0.333. The molecule has 2 amide bonds. The molecule has 0 bridgehead atoms. The van der Waals surface area contributed by atoms with Crippen molar-refractivity contribution in [3.05, 3.63) is 48.2 Å². The summed E-state index contributed by atoms with van der Waals surface area (Å²) in [5.41, 5.74) is 1.55. The lowest BCUT2D eigenvalue weighted by Gasteiger charge is -2.18. The van der Waals surface area contributed by atoms with Gasteiger partial charge in [0, 0.05) is 30.5 Å². The average Bonchev–Trinajstić information content (AvgIpc) is 3.11. The summed E-state index contributed by atoms with van der Waals surface area (Å²) in [6.07, 6.45) is 5.41. The van der Waals surface area contributed by atoms with E-state index < -0.39 is 0 Å². The molecule has 6 nitrogen and oxygen atoms in total. The van der Waals surface area contributed by atoms with Crippen molar-refractivity contribution >= 4 is 22.7 Å². The van der Waals surface area contributed by atoms with Crippen LogP contribution >= 0.6 is 0 Å². The molecule has 6 heteroatoms. The van der Waals surface area contributed by atoms with E-state index in [1.807, 2.05) is 49.0 Å². The Labute approximate surface area is 140 Å². The van der Waals surface area contributed by atoms with Gasteiger partial charge in [-0.2, -0.15) is 0 Å². The van der Waals surface area contributed by atoms with E-state index in [9.17, 15) is 4.79 Å². The zero-order valence-corrected chi connectivity index (χ0v) is 14.2. The number of carbonyl (C=O) groups excluding carboxylic acids is 1. The predicted octanol–water partition coefficient (Wildman–Crippen LogP) is 4.14. The summed E-state index contributed by atoms with van der Waals surface area (Å²) in [6, 6.07) is 7.19. The first-order chi connectivity index (χ1) is 11.6. The van der Waals surface area contributed by atoms with E-state index >= 15 is 0 Å². The Morgan fingerprint density at radius 2 is 2.21 bits per heavy atom. The van der Waals surface area contributed by atoms with E-state index in [4.69, 9.17) is 4.42 Å². The summed E-state index contributed by atoms with van der Waals surface area (Å²) in [5, 5.41) is 6.86. The third-order valence-electron chi connectivity index (χ3n) is 3.95. The Balaban J connectivity index is 1.71. The van der Waals surface area contributed by atoms with Crippen molar-refractivity contribution in [1.29, 1.82) is 0 Å². The summed E-state index contributed by atoms with van der Waals surface area (Å²) < 4.78 is 7.48. The fourth-order valence-electron chi connectivity index (χ4n) is 2.85. The Morgan fingerprint density at radius 1 is 1.38 bits per heavy atom. The monoisotopic (exact) mass is 326 g/mol. The Morgan fingerprint density at radius 3 is 2.92 bits per heavy atom. The molecule has 0 aliphatic carbocycles. The molecule has 0 spiro atoms. The number of urea groups is 1. The molecule has 126 valence electrons. The number of fused-ring (bicyclic) bond motifs is 1. The van der Waals surface area contributed by atoms with Gasteiger partial charge in [-0.3, -0.25) is 0 Å². The first kappa shape index (κ1) is 16.1. The van der Waals surface area contributed by atoms with Gasteiger partial charge in [-0.05, 0) is 37.6 Å². The van der Waals surface area contributed by atoms with E-state index in [1.165, 1.54) is 0 Å². The van der Waals surface area contributed by atoms with E-state index in [0.29, 0.717) is 0 Å². The van der Waals surface area contributed by atoms with Crippen LogP contribution in [-0.2, 0) is 7.05 Å². The second-order valence-electron chi connectivity index (χ2n) is 5.95. The highest BCUT2D eigenvalue weighted by Crippen LogP contribution is 2.23. The zero-order valence-electron chi connectivity index (χ0n) is 14.2. The molecule has 2 N–H and O–H groups in total. The van der Waals surface area contributed by atoms with Crippen LogP contribution in [0.2, 0.25) is 0 Å². The van der Waals surface area contributed by atoms with Crippen LogP contribution in [0.15, 0.2) is 41.1 Å². The second kappa shape index (κ2) is 6.78. The van der Waals surface area contributed by atoms with Crippen molar-refractivity contribution in [2.75, 3.05) is 5.32 Å². The topological polar surface area (TPSA) is 72.1 Å². The molecule has 3 rings (SSSR count). The van der Waals surface area contributed by atoms with Crippen molar-refractivity contribution in [1.82, 2.24) is 14.9 Å². The molecule has 0 aliphatic rings. The Hall–Kier alpha value is -2.76. The van der Waals surface area contributed by atoms with Crippen molar-refractivity contribution < 1.29 is 9.21 Å². The minimum absolute atomic E-state index is 0.116. The molecular formula is C18H22N4O2. The molecule has 3 aromatic rings. The number of carbonyl (C=O) groups is 1. The van der Waals surface area contributed by atoms with Crippen LogP contribution in [0, 0.1) is 6.92 Å². The molecule has 0 saturated heterocycles. The molecule has 1 atom stereocenters. The average molecular weight is 326 g/mol. The van der Waals surface area contributed by atoms with Gasteiger partial charge in [0.25, 0.3) is 0 Å². The number of hydrogen-bond acceptors (Lipinski definition) is 3. The SMILES string of the molecule is CCC[C@@H](NC(=O)Nc1ccc2oc(C)cc2c1)c1nccn1C. The highest BCUT2D eigenvalue weighted by molar-refractivity contribution is 5.92. The van der Waals surface area contributed by atoms with Crippen LogP contribution < -0.4 is 10.6 Å². The van der Waals surface area contributed by atoms with Crippen LogP contribution in [0.4, 0.5) is 10.5 Å². The number of benzene rings is 1. The van der Waals surface area contributed by atoms with E-state index in [1.54, 1.807) is 6.20 Å². The van der Waals surface area contributed by atoms with Gasteiger partial charge in [0.15, 0.2) is 0 Å². The smallest absolute Gasteiger partial charge is 0.319 e. The number of amides is 2. The number of aryl methyl sites for hydroxylation is 2. The van der Waals surface area contributed by atoms with Gasteiger partial charge < -0.3 is 19.6 Å². The maximum Gasteiger partial charge on any atom is 0.319 e. The fourth-order valence-corrected chi connectivity index (χ4v) is 2.85. The van der Waals surface area contributed by atoms with Gasteiger partial charge in [0.1, 0.15) is 17.2 Å². The van der Waals surface area contributed by atoms with Crippen molar-refractivity contribution in [2.45, 2.75) is 32.7 Å². The van der Waals surface area contributed by atoms with Gasteiger partial charge >= 0.3 is 6.03 Å². The number of furan rings is 1. The van der Waals surface area contributed by atoms with Crippen LogP contribution in [0.3, 0.4) is 0 Å². The van der Waals surface area contributed by atoms with E-state index in [0.717, 1.165) is 41.1 Å². The highest BCUT2D eigenvalue weighted by atomic mass is 16.3. The maximum atomic E-state index is 12.4. The minimum atomic E-state index is -0.240. The largest absolute Gasteiger partial charge is 0.461 e. The zero-order chi connectivity index (χ0) is 17.1. The second-order valence-corrected chi connectivity index (χ2v) is 5.95. The standard InChI is InChI=1S/C18H22N4O2/c1-4-5-15(17-19-8-9-22(17)3)21-18(23)20-14-6-7-16-13(11-14)10-12(2)24-16/h6-11,15H,4-5H2,1-3H3,(H2,20,21,23)/t15-/m1/s1. The van der Waals surface area contributed by atoms with Gasteiger partial charge in [-0.15, -0.1) is 0 Å². The summed E-state index contributed by atoms with van der Waals surface area (Å²) in [4.78, 5) is 16.7. The van der Waals surface area contributed by atoms with Crippen LogP contribution in [0.1, 0.15) is 37.4 Å². The summed E-state index contributed by atoms with van der Waals surface area (Å²) in [5.74, 6) is 1.71. The molecule has 0 fully saturated rings. The third-order valence-corrected chi connectivity index (χ3v) is 3.95. The van der Waals surface area contributed by atoms with Crippen molar-refractivity contribution in [3.8, 4) is 0 Å². The molecule has 0 saturated carbocycles. The number of anilines is 1. The molecule has 2 heterocycles.